The summed E-state index contributed by atoms with van der Waals surface area (Å²) in [5.41, 5.74) is 0. The van der Waals surface area contributed by atoms with Gasteiger partial charge in [-0.15, -0.1) is 0 Å². The number of amides is 1. The van der Waals surface area contributed by atoms with Crippen molar-refractivity contribution in [3.63, 3.8) is 0 Å². The molecule has 0 aromatic rings. The topological polar surface area (TPSA) is 32.3 Å². The molecule has 82 valence electrons. The smallest absolute Gasteiger partial charge is 0.239 e. The highest BCUT2D eigenvalue weighted by Gasteiger charge is 2.28. The van der Waals surface area contributed by atoms with E-state index in [0.29, 0.717) is 11.8 Å². The summed E-state index contributed by atoms with van der Waals surface area (Å²) < 4.78 is 0. The Hall–Kier alpha value is -0.570. The zero-order valence-corrected chi connectivity index (χ0v) is 9.71. The number of nitrogens with one attached hydrogen (secondary N) is 1. The Bertz CT molecular complexity index is 201. The monoisotopic (exact) mass is 198 g/mol. The minimum absolute atomic E-state index is 0.0474. The maximum Gasteiger partial charge on any atom is 0.239 e. The second kappa shape index (κ2) is 4.78. The van der Waals surface area contributed by atoms with E-state index in [2.05, 4.69) is 19.2 Å². The van der Waals surface area contributed by atoms with Gasteiger partial charge in [-0.3, -0.25) is 4.79 Å². The van der Waals surface area contributed by atoms with Gasteiger partial charge in [-0.05, 0) is 31.2 Å². The van der Waals surface area contributed by atoms with Gasteiger partial charge in [-0.25, -0.2) is 0 Å². The van der Waals surface area contributed by atoms with Crippen molar-refractivity contribution in [2.75, 3.05) is 20.6 Å². The highest BCUT2D eigenvalue weighted by Crippen LogP contribution is 2.24. The van der Waals surface area contributed by atoms with Crippen molar-refractivity contribution in [1.29, 1.82) is 0 Å². The molecule has 0 radical (unpaired) electrons. The number of carbonyl (C=O) groups is 1. The Labute approximate surface area is 86.9 Å². The number of likely N-dealkylation sites (N-methyl/N-ethyl adjacent to an activating group) is 1. The van der Waals surface area contributed by atoms with E-state index < -0.39 is 0 Å². The summed E-state index contributed by atoms with van der Waals surface area (Å²) in [7, 11) is 3.64. The molecule has 2 unspecified atom stereocenters. The van der Waals surface area contributed by atoms with Gasteiger partial charge in [0.1, 0.15) is 0 Å². The zero-order chi connectivity index (χ0) is 10.7. The summed E-state index contributed by atoms with van der Waals surface area (Å²) in [4.78, 5) is 13.4. The van der Waals surface area contributed by atoms with Crippen LogP contribution in [0.25, 0.3) is 0 Å². The van der Waals surface area contributed by atoms with Crippen molar-refractivity contribution in [1.82, 2.24) is 10.2 Å². The molecule has 1 fully saturated rings. The number of nitrogens with zero attached hydrogens (tertiary/aromatic N) is 1. The van der Waals surface area contributed by atoms with E-state index >= 15 is 0 Å². The van der Waals surface area contributed by atoms with Gasteiger partial charge in [0.15, 0.2) is 0 Å². The molecule has 0 aromatic heterocycles. The molecular weight excluding hydrogens is 176 g/mol. The van der Waals surface area contributed by atoms with E-state index in [4.69, 9.17) is 0 Å². The normalized spacial score (nSPS) is 27.8. The molecule has 0 spiro atoms. The molecule has 1 heterocycles. The van der Waals surface area contributed by atoms with Gasteiger partial charge < -0.3 is 10.2 Å². The molecule has 1 aliphatic rings. The standard InChI is InChI=1S/C11H22N2O/c1-8(2)9-5-6-12-10(7-9)11(14)13(3)4/h8-10,12H,5-7H2,1-4H3. The number of carbonyl (C=O) groups excluding carboxylic acids is 1. The second-order valence-electron chi connectivity index (χ2n) is 4.77. The van der Waals surface area contributed by atoms with Crippen LogP contribution in [-0.4, -0.2) is 37.5 Å². The van der Waals surface area contributed by atoms with Crippen molar-refractivity contribution in [2.24, 2.45) is 11.8 Å². The van der Waals surface area contributed by atoms with Crippen molar-refractivity contribution in [2.45, 2.75) is 32.7 Å². The van der Waals surface area contributed by atoms with Crippen LogP contribution in [0.15, 0.2) is 0 Å². The van der Waals surface area contributed by atoms with E-state index in [1.165, 1.54) is 6.42 Å². The lowest BCUT2D eigenvalue weighted by Crippen LogP contribution is -2.48. The van der Waals surface area contributed by atoms with Crippen LogP contribution in [0.3, 0.4) is 0 Å². The first kappa shape index (κ1) is 11.5. The Morgan fingerprint density at radius 1 is 1.43 bits per heavy atom. The average Bonchev–Trinajstić information content (AvgIpc) is 2.16. The zero-order valence-electron chi connectivity index (χ0n) is 9.71. The van der Waals surface area contributed by atoms with E-state index in [-0.39, 0.29) is 11.9 Å². The maximum atomic E-state index is 11.7. The first-order chi connectivity index (χ1) is 6.52. The van der Waals surface area contributed by atoms with Crippen LogP contribution in [-0.2, 0) is 4.79 Å². The summed E-state index contributed by atoms with van der Waals surface area (Å²) in [6, 6.07) is 0.0474. The molecule has 14 heavy (non-hydrogen) atoms. The first-order valence-corrected chi connectivity index (χ1v) is 5.47. The largest absolute Gasteiger partial charge is 0.347 e. The fourth-order valence-electron chi connectivity index (χ4n) is 2.05. The lowest BCUT2D eigenvalue weighted by atomic mass is 9.83. The third-order valence-electron chi connectivity index (χ3n) is 3.13. The van der Waals surface area contributed by atoms with Crippen molar-refractivity contribution in [3.05, 3.63) is 0 Å². The van der Waals surface area contributed by atoms with Crippen LogP contribution in [0.1, 0.15) is 26.7 Å². The highest BCUT2D eigenvalue weighted by atomic mass is 16.2. The summed E-state index contributed by atoms with van der Waals surface area (Å²) >= 11 is 0. The number of rotatable bonds is 2. The third-order valence-corrected chi connectivity index (χ3v) is 3.13. The maximum absolute atomic E-state index is 11.7. The molecule has 2 atom stereocenters. The Balaban J connectivity index is 2.51. The summed E-state index contributed by atoms with van der Waals surface area (Å²) in [6.45, 7) is 5.47. The van der Waals surface area contributed by atoms with Gasteiger partial charge in [0.2, 0.25) is 5.91 Å². The lowest BCUT2D eigenvalue weighted by Gasteiger charge is -2.33. The number of hydrogen-bond acceptors (Lipinski definition) is 2. The summed E-state index contributed by atoms with van der Waals surface area (Å²) in [5.74, 6) is 1.61. The molecule has 3 nitrogen and oxygen atoms in total. The van der Waals surface area contributed by atoms with Crippen LogP contribution >= 0.6 is 0 Å². The molecule has 0 bridgehead atoms. The predicted octanol–water partition coefficient (Wildman–Crippen LogP) is 1.10. The van der Waals surface area contributed by atoms with Crippen LogP contribution in [0.4, 0.5) is 0 Å². The third kappa shape index (κ3) is 2.71. The Morgan fingerprint density at radius 2 is 2.07 bits per heavy atom. The minimum Gasteiger partial charge on any atom is -0.347 e. The molecule has 1 rings (SSSR count). The van der Waals surface area contributed by atoms with E-state index in [1.807, 2.05) is 14.1 Å². The fourth-order valence-corrected chi connectivity index (χ4v) is 2.05. The molecule has 3 heteroatoms. The van der Waals surface area contributed by atoms with E-state index in [1.54, 1.807) is 4.90 Å². The molecule has 1 aliphatic heterocycles. The Morgan fingerprint density at radius 3 is 2.57 bits per heavy atom. The van der Waals surface area contributed by atoms with Crippen LogP contribution in [0.5, 0.6) is 0 Å². The van der Waals surface area contributed by atoms with E-state index in [9.17, 15) is 4.79 Å². The highest BCUT2D eigenvalue weighted by molar-refractivity contribution is 5.81. The van der Waals surface area contributed by atoms with Crippen LogP contribution in [0.2, 0.25) is 0 Å². The Kier molecular flexibility index (Phi) is 3.93. The van der Waals surface area contributed by atoms with Crippen molar-refractivity contribution < 1.29 is 4.79 Å². The van der Waals surface area contributed by atoms with Crippen molar-refractivity contribution >= 4 is 5.91 Å². The molecule has 1 saturated heterocycles. The molecule has 0 aliphatic carbocycles. The van der Waals surface area contributed by atoms with E-state index in [0.717, 1.165) is 13.0 Å². The molecule has 0 aromatic carbocycles. The second-order valence-corrected chi connectivity index (χ2v) is 4.77. The SMILES string of the molecule is CC(C)C1CCNC(C(=O)N(C)C)C1. The molecule has 0 saturated carbocycles. The van der Waals surface area contributed by atoms with Gasteiger partial charge in [0.05, 0.1) is 6.04 Å². The summed E-state index contributed by atoms with van der Waals surface area (Å²) in [6.07, 6.45) is 2.20. The van der Waals surface area contributed by atoms with Crippen LogP contribution in [0, 0.1) is 11.8 Å². The number of hydrogen-bond donors (Lipinski definition) is 1. The quantitative estimate of drug-likeness (QED) is 0.720. The molecule has 1 amide bonds. The van der Waals surface area contributed by atoms with Gasteiger partial charge in [-0.1, -0.05) is 13.8 Å². The fraction of sp³-hybridized carbons (Fsp3) is 0.909. The minimum atomic E-state index is 0.0474. The van der Waals surface area contributed by atoms with Crippen LogP contribution < -0.4 is 5.32 Å². The predicted molar refractivity (Wildman–Crippen MR) is 58.0 cm³/mol. The number of piperidine rings is 1. The molecular formula is C11H22N2O. The van der Waals surface area contributed by atoms with Gasteiger partial charge >= 0.3 is 0 Å². The summed E-state index contributed by atoms with van der Waals surface area (Å²) in [5, 5.41) is 3.29. The van der Waals surface area contributed by atoms with Gasteiger partial charge in [0, 0.05) is 14.1 Å². The average molecular weight is 198 g/mol. The first-order valence-electron chi connectivity index (χ1n) is 5.47. The molecule has 1 N–H and O–H groups in total. The van der Waals surface area contributed by atoms with Gasteiger partial charge in [-0.2, -0.15) is 0 Å². The lowest BCUT2D eigenvalue weighted by molar-refractivity contribution is -0.132. The van der Waals surface area contributed by atoms with Crippen molar-refractivity contribution in [3.8, 4) is 0 Å². The van der Waals surface area contributed by atoms with Gasteiger partial charge in [0.25, 0.3) is 0 Å².